The number of nitrogens with zero attached hydrogens (tertiary/aromatic N) is 1. The molecule has 3 rings (SSSR count). The molecule has 10 heteroatoms. The highest BCUT2D eigenvalue weighted by Gasteiger charge is 2.58. The molecule has 0 aromatic heterocycles. The predicted molar refractivity (Wildman–Crippen MR) is 72.8 cm³/mol. The van der Waals surface area contributed by atoms with Gasteiger partial charge in [-0.3, -0.25) is 0 Å². The molecule has 1 N–H and O–H groups in total. The summed E-state index contributed by atoms with van der Waals surface area (Å²) in [7, 11) is 0. The first kappa shape index (κ1) is 16.0. The third-order valence-electron chi connectivity index (χ3n) is 3.39. The van der Waals surface area contributed by atoms with Crippen LogP contribution in [0, 0.1) is 0 Å². The fourth-order valence-corrected chi connectivity index (χ4v) is 2.83. The zero-order valence-electron chi connectivity index (χ0n) is 11.2. The molecule has 0 aromatic rings. The molecule has 7 nitrogen and oxygen atoms in total. The quantitative estimate of drug-likeness (QED) is 0.435. The van der Waals surface area contributed by atoms with Crippen LogP contribution >= 0.6 is 34.8 Å². The lowest BCUT2D eigenvalue weighted by Crippen LogP contribution is -2.39. The highest BCUT2D eigenvalue weighted by Crippen LogP contribution is 2.42. The molecule has 0 radical (unpaired) electrons. The van der Waals surface area contributed by atoms with Crippen LogP contribution in [0.5, 0.6) is 0 Å². The highest BCUT2D eigenvalue weighted by molar-refractivity contribution is 6.67. The van der Waals surface area contributed by atoms with Gasteiger partial charge in [-0.15, -0.1) is 0 Å². The number of hydrogen-bond donors (Lipinski definition) is 1. The van der Waals surface area contributed by atoms with Gasteiger partial charge in [0.15, 0.2) is 18.2 Å². The van der Waals surface area contributed by atoms with Crippen LogP contribution in [-0.4, -0.2) is 58.0 Å². The summed E-state index contributed by atoms with van der Waals surface area (Å²) in [5.41, 5.74) is 0.225. The van der Waals surface area contributed by atoms with Crippen LogP contribution in [-0.2, 0) is 23.7 Å². The van der Waals surface area contributed by atoms with E-state index in [0.717, 1.165) is 0 Å². The van der Waals surface area contributed by atoms with Crippen LogP contribution in [0.4, 0.5) is 0 Å². The van der Waals surface area contributed by atoms with E-state index in [0.29, 0.717) is 6.61 Å². The van der Waals surface area contributed by atoms with Gasteiger partial charge in [-0.05, 0) is 13.8 Å². The van der Waals surface area contributed by atoms with E-state index in [1.807, 2.05) is 0 Å². The van der Waals surface area contributed by atoms with Gasteiger partial charge >= 0.3 is 0 Å². The molecule has 120 valence electrons. The number of hydrogen-bond acceptors (Lipinski definition) is 7. The topological polar surface area (TPSA) is 78.7 Å². The molecule has 1 unspecified atom stereocenters. The molecular formula is C11H14Cl3NO6. The van der Waals surface area contributed by atoms with E-state index < -0.39 is 40.5 Å². The standard InChI is InChI=1S/C11H14Cl3NO6/c1-10(2)17-3-4(21-10)6-5(15-16)7-8(18-6)20-9(19-7)11(12,13)14/h4,6-9,16H,3H2,1-2H3/b15-5+/t4-,6-,7-,8-,9?/m1/s1. The fraction of sp³-hybridized carbons (Fsp3) is 0.909. The van der Waals surface area contributed by atoms with Crippen molar-refractivity contribution in [3.8, 4) is 0 Å². The number of oxime groups is 1. The van der Waals surface area contributed by atoms with Crippen LogP contribution in [0.25, 0.3) is 0 Å². The van der Waals surface area contributed by atoms with E-state index in [9.17, 15) is 5.21 Å². The van der Waals surface area contributed by atoms with Gasteiger partial charge in [0.2, 0.25) is 10.1 Å². The summed E-state index contributed by atoms with van der Waals surface area (Å²) in [5, 5.41) is 12.5. The minimum absolute atomic E-state index is 0.225. The summed E-state index contributed by atoms with van der Waals surface area (Å²) in [5.74, 6) is -0.728. The first-order valence-corrected chi connectivity index (χ1v) is 7.41. The Hall–Kier alpha value is 0.140. The Bertz CT molecular complexity index is 454. The van der Waals surface area contributed by atoms with E-state index in [2.05, 4.69) is 5.16 Å². The smallest absolute Gasteiger partial charge is 0.241 e. The van der Waals surface area contributed by atoms with Crippen molar-refractivity contribution in [2.24, 2.45) is 5.16 Å². The SMILES string of the molecule is CC1(C)OC[C@H]([C@H]2O[C@@H]3OC(C(Cl)(Cl)Cl)O[C@@H]3/C2=N/O)O1. The number of halogens is 3. The van der Waals surface area contributed by atoms with Crippen molar-refractivity contribution < 1.29 is 28.9 Å². The first-order chi connectivity index (χ1) is 9.71. The maximum absolute atomic E-state index is 9.24. The molecule has 0 spiro atoms. The van der Waals surface area contributed by atoms with Crippen molar-refractivity contribution in [2.45, 2.75) is 54.3 Å². The Kier molecular flexibility index (Phi) is 4.08. The largest absolute Gasteiger partial charge is 0.411 e. The Labute approximate surface area is 135 Å². The Morgan fingerprint density at radius 1 is 1.19 bits per heavy atom. The van der Waals surface area contributed by atoms with Crippen molar-refractivity contribution in [1.82, 2.24) is 0 Å². The summed E-state index contributed by atoms with van der Waals surface area (Å²) < 4.78 is 25.9. The number of alkyl halides is 3. The third-order valence-corrected chi connectivity index (χ3v) is 3.92. The number of ether oxygens (including phenoxy) is 5. The predicted octanol–water partition coefficient (Wildman–Crippen LogP) is 1.80. The van der Waals surface area contributed by atoms with Gasteiger partial charge in [-0.25, -0.2) is 0 Å². The summed E-state index contributed by atoms with van der Waals surface area (Å²) >= 11 is 17.2. The van der Waals surface area contributed by atoms with Crippen LogP contribution < -0.4 is 0 Å². The van der Waals surface area contributed by atoms with E-state index >= 15 is 0 Å². The molecule has 3 heterocycles. The molecule has 0 aliphatic carbocycles. The van der Waals surface area contributed by atoms with Crippen molar-refractivity contribution in [2.75, 3.05) is 6.61 Å². The Morgan fingerprint density at radius 3 is 2.43 bits per heavy atom. The van der Waals surface area contributed by atoms with Crippen LogP contribution in [0.15, 0.2) is 5.16 Å². The maximum Gasteiger partial charge on any atom is 0.241 e. The summed E-state index contributed by atoms with van der Waals surface area (Å²) in [6.45, 7) is 3.86. The molecule has 3 aliphatic heterocycles. The third kappa shape index (κ3) is 2.98. The van der Waals surface area contributed by atoms with E-state index in [1.165, 1.54) is 0 Å². The monoisotopic (exact) mass is 361 g/mol. The lowest BCUT2D eigenvalue weighted by atomic mass is 10.1. The molecule has 0 bridgehead atoms. The molecule has 0 aromatic carbocycles. The van der Waals surface area contributed by atoms with E-state index in [-0.39, 0.29) is 5.71 Å². The zero-order valence-corrected chi connectivity index (χ0v) is 13.4. The minimum atomic E-state index is -1.77. The second-order valence-corrected chi connectivity index (χ2v) is 7.75. The van der Waals surface area contributed by atoms with Gasteiger partial charge in [-0.2, -0.15) is 0 Å². The lowest BCUT2D eigenvalue weighted by Gasteiger charge is -2.23. The lowest BCUT2D eigenvalue weighted by molar-refractivity contribution is -0.181. The van der Waals surface area contributed by atoms with Crippen LogP contribution in [0.3, 0.4) is 0 Å². The van der Waals surface area contributed by atoms with Crippen molar-refractivity contribution in [3.05, 3.63) is 0 Å². The van der Waals surface area contributed by atoms with Crippen LogP contribution in [0.2, 0.25) is 0 Å². The normalized spacial score (nSPS) is 44.4. The molecule has 21 heavy (non-hydrogen) atoms. The van der Waals surface area contributed by atoms with Gasteiger partial charge in [0.1, 0.15) is 17.9 Å². The van der Waals surface area contributed by atoms with Crippen molar-refractivity contribution >= 4 is 40.5 Å². The second-order valence-electron chi connectivity index (χ2n) is 5.38. The highest BCUT2D eigenvalue weighted by atomic mass is 35.6. The van der Waals surface area contributed by atoms with Gasteiger partial charge in [-0.1, -0.05) is 40.0 Å². The second kappa shape index (κ2) is 5.35. The molecule has 3 aliphatic rings. The van der Waals surface area contributed by atoms with Gasteiger partial charge in [0.25, 0.3) is 0 Å². The number of fused-ring (bicyclic) bond motifs is 1. The average molecular weight is 363 g/mol. The molecular weight excluding hydrogens is 348 g/mol. The molecule has 3 saturated heterocycles. The van der Waals surface area contributed by atoms with E-state index in [4.69, 9.17) is 58.5 Å². The van der Waals surface area contributed by atoms with Gasteiger partial charge in [0.05, 0.1) is 6.61 Å². The summed E-state index contributed by atoms with van der Waals surface area (Å²) in [6.07, 6.45) is -3.77. The molecule has 0 amide bonds. The average Bonchev–Trinajstić information content (AvgIpc) is 2.98. The maximum atomic E-state index is 9.24. The van der Waals surface area contributed by atoms with Gasteiger partial charge in [0, 0.05) is 0 Å². The zero-order chi connectivity index (χ0) is 15.4. The Morgan fingerprint density at radius 2 is 1.90 bits per heavy atom. The molecule has 3 fully saturated rings. The van der Waals surface area contributed by atoms with E-state index in [1.54, 1.807) is 13.8 Å². The number of rotatable bonds is 1. The summed E-state index contributed by atoms with van der Waals surface area (Å²) in [4.78, 5) is 0. The fourth-order valence-electron chi connectivity index (χ4n) is 2.52. The van der Waals surface area contributed by atoms with Crippen LogP contribution in [0.1, 0.15) is 13.8 Å². The molecule has 0 saturated carbocycles. The minimum Gasteiger partial charge on any atom is -0.411 e. The van der Waals surface area contributed by atoms with Gasteiger partial charge < -0.3 is 28.9 Å². The van der Waals surface area contributed by atoms with Crippen molar-refractivity contribution in [3.63, 3.8) is 0 Å². The van der Waals surface area contributed by atoms with Crippen molar-refractivity contribution in [1.29, 1.82) is 0 Å². The first-order valence-electron chi connectivity index (χ1n) is 6.28. The summed E-state index contributed by atoms with van der Waals surface area (Å²) in [6, 6.07) is 0. The Balaban J connectivity index is 1.73. The molecule has 5 atom stereocenters.